The van der Waals surface area contributed by atoms with Crippen LogP contribution in [-0.2, 0) is 35.9 Å². The molecule has 0 spiro atoms. The summed E-state index contributed by atoms with van der Waals surface area (Å²) in [4.78, 5) is 11.7. The number of carbonyl (C=O) groups is 1. The van der Waals surface area contributed by atoms with E-state index in [0.29, 0.717) is 11.3 Å². The summed E-state index contributed by atoms with van der Waals surface area (Å²) in [5, 5.41) is 8.58. The molecule has 0 radical (unpaired) electrons. The summed E-state index contributed by atoms with van der Waals surface area (Å²) in [6.07, 6.45) is -1.16. The van der Waals surface area contributed by atoms with Crippen LogP contribution in [0, 0.1) is 23.5 Å². The van der Waals surface area contributed by atoms with Crippen LogP contribution < -0.4 is 9.47 Å². The van der Waals surface area contributed by atoms with E-state index in [0.717, 1.165) is 12.1 Å². The Hall–Kier alpha value is -3.26. The van der Waals surface area contributed by atoms with Gasteiger partial charge in [-0.15, -0.1) is 0 Å². The fourth-order valence-electron chi connectivity index (χ4n) is 7.46. The molecule has 0 unspecified atom stereocenters. The normalized spacial score (nSPS) is 26.8. The molecule has 1 N–H and O–H groups in total. The van der Waals surface area contributed by atoms with Crippen molar-refractivity contribution < 1.29 is 45.0 Å². The lowest BCUT2D eigenvalue weighted by atomic mass is 9.64. The number of ether oxygens (including phenoxy) is 2. The standard InChI is InChI=1S/C31H30ClF2NO8S2.CH4/c1-42-20-6-2-18(3-7-20)16-35-27-12-13-31(44(38,39)21-8-4-19(32)5-9-21)24(17-43-30-26(34)11-10-25(33)29(30)31)23(27)14-22(15-28(36)37)45(35,40)41;/h2-11,22-24,27H,12-17H2,1H3,(H,36,37);1H4/t22-,23-,24-,27+,31-;/m0./s1. The largest absolute Gasteiger partial charge is 0.497 e. The molecule has 1 aliphatic carbocycles. The Labute approximate surface area is 272 Å². The van der Waals surface area contributed by atoms with Gasteiger partial charge in [0.15, 0.2) is 21.4 Å². The Morgan fingerprint density at radius 1 is 1.09 bits per heavy atom. The molecule has 14 heteroatoms. The van der Waals surface area contributed by atoms with Crippen LogP contribution in [0.1, 0.15) is 44.2 Å². The third-order valence-corrected chi connectivity index (χ3v) is 14.5. The van der Waals surface area contributed by atoms with E-state index in [4.69, 9.17) is 21.1 Å². The molecule has 2 heterocycles. The highest BCUT2D eigenvalue weighted by Crippen LogP contribution is 2.61. The molecule has 6 rings (SSSR count). The van der Waals surface area contributed by atoms with E-state index < -0.39 is 83.1 Å². The average molecular weight is 698 g/mol. The minimum atomic E-state index is -4.50. The third-order valence-electron chi connectivity index (χ3n) is 9.47. The van der Waals surface area contributed by atoms with Gasteiger partial charge in [0, 0.05) is 23.5 Å². The average Bonchev–Trinajstić information content (AvgIpc) is 3.00. The molecule has 2 aliphatic heterocycles. The molecule has 46 heavy (non-hydrogen) atoms. The lowest BCUT2D eigenvalue weighted by Crippen LogP contribution is -2.64. The first kappa shape index (κ1) is 34.1. The molecule has 3 aromatic carbocycles. The maximum atomic E-state index is 15.9. The van der Waals surface area contributed by atoms with E-state index in [1.165, 1.54) is 35.7 Å². The Morgan fingerprint density at radius 2 is 1.74 bits per heavy atom. The van der Waals surface area contributed by atoms with E-state index in [2.05, 4.69) is 0 Å². The minimum absolute atomic E-state index is 0. The Kier molecular flexibility index (Phi) is 9.19. The number of carboxylic acid groups (broad SMARTS) is 1. The van der Waals surface area contributed by atoms with Crippen molar-refractivity contribution in [3.63, 3.8) is 0 Å². The first-order valence-electron chi connectivity index (χ1n) is 14.3. The second kappa shape index (κ2) is 12.4. The molecular formula is C32H34ClF2NO8S2. The number of hydrogen-bond acceptors (Lipinski definition) is 7. The zero-order valence-corrected chi connectivity index (χ0v) is 26.4. The van der Waals surface area contributed by atoms with Crippen molar-refractivity contribution in [1.29, 1.82) is 0 Å². The van der Waals surface area contributed by atoms with Gasteiger partial charge in [-0.25, -0.2) is 25.6 Å². The predicted octanol–water partition coefficient (Wildman–Crippen LogP) is 5.80. The maximum Gasteiger partial charge on any atom is 0.304 e. The Bertz CT molecular complexity index is 1860. The molecule has 9 nitrogen and oxygen atoms in total. The van der Waals surface area contributed by atoms with Crippen LogP contribution in [0.15, 0.2) is 65.6 Å². The quantitative estimate of drug-likeness (QED) is 0.328. The zero-order chi connectivity index (χ0) is 32.3. The number of carboxylic acids is 1. The van der Waals surface area contributed by atoms with Crippen LogP contribution in [0.4, 0.5) is 8.78 Å². The molecular weight excluding hydrogens is 664 g/mol. The number of fused-ring (bicyclic) bond motifs is 5. The highest BCUT2D eigenvalue weighted by atomic mass is 35.5. The van der Waals surface area contributed by atoms with Gasteiger partial charge in [-0.3, -0.25) is 4.79 Å². The number of hydrogen-bond donors (Lipinski definition) is 1. The summed E-state index contributed by atoms with van der Waals surface area (Å²) in [6, 6.07) is 13.1. The first-order chi connectivity index (χ1) is 21.3. The summed E-state index contributed by atoms with van der Waals surface area (Å²) in [5.74, 6) is -4.98. The fourth-order valence-corrected chi connectivity index (χ4v) is 12.2. The van der Waals surface area contributed by atoms with Crippen molar-refractivity contribution in [2.45, 2.75) is 60.6 Å². The molecule has 1 saturated heterocycles. The van der Waals surface area contributed by atoms with Gasteiger partial charge >= 0.3 is 5.97 Å². The van der Waals surface area contributed by atoms with Crippen molar-refractivity contribution >= 4 is 37.4 Å². The smallest absolute Gasteiger partial charge is 0.304 e. The molecule has 3 aromatic rings. The van der Waals surface area contributed by atoms with E-state index in [9.17, 15) is 26.7 Å². The topological polar surface area (TPSA) is 127 Å². The molecule has 0 bridgehead atoms. The number of sulfonamides is 1. The number of aliphatic carboxylic acids is 1. The fraction of sp³-hybridized carbons (Fsp3) is 0.406. The second-order valence-electron chi connectivity index (χ2n) is 11.7. The Morgan fingerprint density at radius 3 is 2.37 bits per heavy atom. The summed E-state index contributed by atoms with van der Waals surface area (Å²) >= 11 is 6.04. The van der Waals surface area contributed by atoms with Gasteiger partial charge < -0.3 is 14.6 Å². The molecule has 0 aromatic heterocycles. The van der Waals surface area contributed by atoms with E-state index in [1.807, 2.05) is 0 Å². The van der Waals surface area contributed by atoms with E-state index in [-0.39, 0.29) is 49.8 Å². The van der Waals surface area contributed by atoms with Crippen molar-refractivity contribution in [3.05, 3.63) is 88.4 Å². The van der Waals surface area contributed by atoms with Crippen LogP contribution in [0.2, 0.25) is 5.02 Å². The number of sulfone groups is 1. The lowest BCUT2D eigenvalue weighted by molar-refractivity contribution is -0.137. The van der Waals surface area contributed by atoms with Crippen LogP contribution in [-0.4, -0.2) is 57.2 Å². The predicted molar refractivity (Wildman–Crippen MR) is 167 cm³/mol. The number of benzene rings is 3. The number of nitrogens with zero attached hydrogens (tertiary/aromatic N) is 1. The highest BCUT2D eigenvalue weighted by molar-refractivity contribution is 7.92. The van der Waals surface area contributed by atoms with Crippen molar-refractivity contribution in [1.82, 2.24) is 4.31 Å². The van der Waals surface area contributed by atoms with Gasteiger partial charge in [0.1, 0.15) is 16.3 Å². The van der Waals surface area contributed by atoms with Gasteiger partial charge in [0.05, 0.1) is 35.8 Å². The lowest BCUT2D eigenvalue weighted by Gasteiger charge is -2.57. The van der Waals surface area contributed by atoms with Crippen LogP contribution in [0.25, 0.3) is 0 Å². The Balaban J connectivity index is 0.00000417. The first-order valence-corrected chi connectivity index (χ1v) is 17.6. The van der Waals surface area contributed by atoms with Crippen LogP contribution in [0.3, 0.4) is 0 Å². The number of rotatable bonds is 7. The van der Waals surface area contributed by atoms with Gasteiger partial charge in [-0.2, -0.15) is 4.31 Å². The number of halogens is 3. The summed E-state index contributed by atoms with van der Waals surface area (Å²) < 4.78 is 98.7. The van der Waals surface area contributed by atoms with Crippen molar-refractivity contribution in [2.75, 3.05) is 13.7 Å². The molecule has 5 atom stereocenters. The summed E-state index contributed by atoms with van der Waals surface area (Å²) in [5.41, 5.74) is 0.176. The number of methoxy groups -OCH3 is 1. The van der Waals surface area contributed by atoms with Crippen LogP contribution >= 0.6 is 11.6 Å². The third kappa shape index (κ3) is 5.34. The van der Waals surface area contributed by atoms with Crippen molar-refractivity contribution in [3.8, 4) is 11.5 Å². The zero-order valence-electron chi connectivity index (χ0n) is 24.0. The van der Waals surface area contributed by atoms with E-state index >= 15 is 8.78 Å². The molecule has 0 amide bonds. The van der Waals surface area contributed by atoms with Crippen molar-refractivity contribution in [2.24, 2.45) is 11.8 Å². The van der Waals surface area contributed by atoms with Gasteiger partial charge in [-0.1, -0.05) is 31.2 Å². The molecule has 2 fully saturated rings. The van der Waals surface area contributed by atoms with E-state index in [1.54, 1.807) is 24.3 Å². The molecule has 1 saturated carbocycles. The summed E-state index contributed by atoms with van der Waals surface area (Å²) in [6.45, 7) is -0.453. The summed E-state index contributed by atoms with van der Waals surface area (Å²) in [7, 11) is -7.19. The highest BCUT2D eigenvalue weighted by Gasteiger charge is 2.65. The monoisotopic (exact) mass is 697 g/mol. The van der Waals surface area contributed by atoms with Gasteiger partial charge in [-0.05, 0) is 79.3 Å². The van der Waals surface area contributed by atoms with Gasteiger partial charge in [0.2, 0.25) is 10.0 Å². The SMILES string of the molecule is C.COc1ccc(CN2[C@@H]3CC[C@@]4(S(=O)(=O)c5ccc(Cl)cc5)c5c(F)ccc(F)c5OC[C@H]4[C@@H]3C[C@@H](CC(=O)O)S2(=O)=O)cc1. The second-order valence-corrected chi connectivity index (χ2v) is 16.5. The van der Waals surface area contributed by atoms with Gasteiger partial charge in [0.25, 0.3) is 0 Å². The molecule has 3 aliphatic rings. The molecule has 248 valence electrons. The van der Waals surface area contributed by atoms with Crippen LogP contribution in [0.5, 0.6) is 11.5 Å². The maximum absolute atomic E-state index is 15.9. The minimum Gasteiger partial charge on any atom is -0.497 e.